The van der Waals surface area contributed by atoms with Gasteiger partial charge in [0.1, 0.15) is 18.1 Å². The fourth-order valence-corrected chi connectivity index (χ4v) is 3.37. The molecule has 0 aromatic carbocycles. The first-order valence-corrected chi connectivity index (χ1v) is 6.20. The van der Waals surface area contributed by atoms with Gasteiger partial charge in [-0.25, -0.2) is 0 Å². The molecule has 0 bridgehead atoms. The van der Waals surface area contributed by atoms with Crippen molar-refractivity contribution in [2.75, 3.05) is 6.61 Å². The van der Waals surface area contributed by atoms with Crippen molar-refractivity contribution in [3.05, 3.63) is 32.3 Å². The summed E-state index contributed by atoms with van der Waals surface area (Å²) in [6.45, 7) is 2.58. The van der Waals surface area contributed by atoms with E-state index < -0.39 is 0 Å². The van der Waals surface area contributed by atoms with Gasteiger partial charge < -0.3 is 9.26 Å². The Hall–Kier alpha value is -0.810. The summed E-state index contributed by atoms with van der Waals surface area (Å²) in [7, 11) is 0. The molecular weight excluding hydrogens is 278 g/mol. The molecule has 2 aromatic rings. The lowest BCUT2D eigenvalue weighted by Gasteiger charge is -2.01. The molecule has 2 aromatic heterocycles. The van der Waals surface area contributed by atoms with Gasteiger partial charge in [0.15, 0.2) is 0 Å². The first-order valence-electron chi connectivity index (χ1n) is 4.59. The Bertz CT molecular complexity index is 505. The van der Waals surface area contributed by atoms with Crippen LogP contribution >= 0.6 is 27.3 Å². The van der Waals surface area contributed by atoms with Crippen LogP contribution in [-0.2, 0) is 0 Å². The zero-order valence-electron chi connectivity index (χ0n) is 7.99. The number of hydrogen-bond acceptors (Lipinski definition) is 4. The fourth-order valence-electron chi connectivity index (χ4n) is 1.72. The molecule has 3 heterocycles. The minimum atomic E-state index is 0.206. The van der Waals surface area contributed by atoms with Gasteiger partial charge in [-0.1, -0.05) is 5.16 Å². The van der Waals surface area contributed by atoms with E-state index in [9.17, 15) is 0 Å². The maximum Gasteiger partial charge on any atom is 0.148 e. The van der Waals surface area contributed by atoms with Gasteiger partial charge in [-0.15, -0.1) is 11.3 Å². The Morgan fingerprint density at radius 2 is 2.40 bits per heavy atom. The van der Waals surface area contributed by atoms with Crippen molar-refractivity contribution < 1.29 is 9.26 Å². The van der Waals surface area contributed by atoms with Crippen LogP contribution in [0.4, 0.5) is 0 Å². The second-order valence-electron chi connectivity index (χ2n) is 3.51. The van der Waals surface area contributed by atoms with Gasteiger partial charge in [-0.05, 0) is 22.9 Å². The fraction of sp³-hybridized carbons (Fsp3) is 0.300. The van der Waals surface area contributed by atoms with Gasteiger partial charge in [0.05, 0.1) is 20.3 Å². The van der Waals surface area contributed by atoms with Crippen LogP contribution in [0, 0.1) is 6.92 Å². The number of aryl methyl sites for hydroxylation is 1. The van der Waals surface area contributed by atoms with Crippen LogP contribution in [0.25, 0.3) is 0 Å². The molecule has 0 radical (unpaired) electrons. The van der Waals surface area contributed by atoms with Crippen molar-refractivity contribution in [3.63, 3.8) is 0 Å². The predicted molar refractivity (Wildman–Crippen MR) is 60.6 cm³/mol. The normalized spacial score (nSPS) is 18.9. The predicted octanol–water partition coefficient (Wildman–Crippen LogP) is 3.33. The standard InChI is InChI=1S/C10H8BrNO2S/c1-5-2-7(14-12-5)6-4-13-8-3-9(11)15-10(6)8/h2-3,6H,4H2,1H3. The van der Waals surface area contributed by atoms with Crippen LogP contribution in [0.15, 0.2) is 20.4 Å². The molecule has 0 aliphatic carbocycles. The number of hydrogen-bond donors (Lipinski definition) is 0. The average Bonchev–Trinajstić information content (AvgIpc) is 2.80. The Balaban J connectivity index is 2.02. The highest BCUT2D eigenvalue weighted by Crippen LogP contribution is 2.45. The number of fused-ring (bicyclic) bond motifs is 1. The highest BCUT2D eigenvalue weighted by molar-refractivity contribution is 9.11. The Labute approximate surface area is 99.2 Å². The van der Waals surface area contributed by atoms with Crippen LogP contribution < -0.4 is 4.74 Å². The van der Waals surface area contributed by atoms with Gasteiger partial charge >= 0.3 is 0 Å². The summed E-state index contributed by atoms with van der Waals surface area (Å²) >= 11 is 5.15. The molecular formula is C10H8BrNO2S. The van der Waals surface area contributed by atoms with Crippen molar-refractivity contribution in [1.29, 1.82) is 0 Å². The summed E-state index contributed by atoms with van der Waals surface area (Å²) in [6.07, 6.45) is 0. The molecule has 0 saturated carbocycles. The Morgan fingerprint density at radius 3 is 3.13 bits per heavy atom. The maximum absolute atomic E-state index is 5.59. The lowest BCUT2D eigenvalue weighted by atomic mass is 10.1. The molecule has 3 nitrogen and oxygen atoms in total. The summed E-state index contributed by atoms with van der Waals surface area (Å²) in [5.74, 6) is 2.06. The van der Waals surface area contributed by atoms with E-state index in [1.54, 1.807) is 11.3 Å². The van der Waals surface area contributed by atoms with Gasteiger partial charge in [-0.2, -0.15) is 0 Å². The molecule has 78 valence electrons. The summed E-state index contributed by atoms with van der Waals surface area (Å²) in [6, 6.07) is 3.97. The van der Waals surface area contributed by atoms with Crippen molar-refractivity contribution >= 4 is 27.3 Å². The smallest absolute Gasteiger partial charge is 0.148 e. The number of aromatic nitrogens is 1. The molecule has 0 spiro atoms. The number of rotatable bonds is 1. The minimum Gasteiger partial charge on any atom is -0.491 e. The number of ether oxygens (including phenoxy) is 1. The van der Waals surface area contributed by atoms with E-state index in [2.05, 4.69) is 21.1 Å². The van der Waals surface area contributed by atoms with E-state index in [0.717, 1.165) is 21.0 Å². The van der Waals surface area contributed by atoms with E-state index in [1.807, 2.05) is 19.1 Å². The second kappa shape index (κ2) is 3.35. The minimum absolute atomic E-state index is 0.206. The zero-order valence-corrected chi connectivity index (χ0v) is 10.4. The summed E-state index contributed by atoms with van der Waals surface area (Å²) in [4.78, 5) is 1.22. The van der Waals surface area contributed by atoms with E-state index in [0.29, 0.717) is 6.61 Å². The van der Waals surface area contributed by atoms with Gasteiger partial charge in [0.2, 0.25) is 0 Å². The molecule has 1 atom stereocenters. The molecule has 15 heavy (non-hydrogen) atoms. The van der Waals surface area contributed by atoms with E-state index in [1.165, 1.54) is 4.88 Å². The lowest BCUT2D eigenvalue weighted by molar-refractivity contribution is 0.308. The summed E-state index contributed by atoms with van der Waals surface area (Å²) in [5, 5.41) is 3.90. The van der Waals surface area contributed by atoms with E-state index in [-0.39, 0.29) is 5.92 Å². The van der Waals surface area contributed by atoms with Crippen LogP contribution in [-0.4, -0.2) is 11.8 Å². The van der Waals surface area contributed by atoms with Crippen molar-refractivity contribution in [3.8, 4) is 5.75 Å². The van der Waals surface area contributed by atoms with Crippen LogP contribution in [0.1, 0.15) is 22.2 Å². The first-order chi connectivity index (χ1) is 7.24. The van der Waals surface area contributed by atoms with E-state index in [4.69, 9.17) is 9.26 Å². The molecule has 0 fully saturated rings. The maximum atomic E-state index is 5.59. The second-order valence-corrected chi connectivity index (χ2v) is 5.98. The summed E-state index contributed by atoms with van der Waals surface area (Å²) in [5.41, 5.74) is 0.911. The number of nitrogens with zero attached hydrogens (tertiary/aromatic N) is 1. The first kappa shape index (κ1) is 9.42. The molecule has 1 unspecified atom stereocenters. The van der Waals surface area contributed by atoms with E-state index >= 15 is 0 Å². The third-order valence-corrected chi connectivity index (χ3v) is 4.14. The summed E-state index contributed by atoms with van der Waals surface area (Å²) < 4.78 is 12.0. The Kier molecular flexibility index (Phi) is 2.10. The molecule has 1 aliphatic heterocycles. The molecule has 3 rings (SSSR count). The number of thiophene rings is 1. The van der Waals surface area contributed by atoms with Gasteiger partial charge in [-0.3, -0.25) is 0 Å². The lowest BCUT2D eigenvalue weighted by Crippen LogP contribution is -2.00. The Morgan fingerprint density at radius 1 is 1.53 bits per heavy atom. The molecule has 5 heteroatoms. The SMILES string of the molecule is Cc1cc(C2COc3cc(Br)sc32)on1. The van der Waals surface area contributed by atoms with Crippen molar-refractivity contribution in [2.45, 2.75) is 12.8 Å². The monoisotopic (exact) mass is 285 g/mol. The van der Waals surface area contributed by atoms with Gasteiger partial charge in [0.25, 0.3) is 0 Å². The third-order valence-electron chi connectivity index (χ3n) is 2.41. The quantitative estimate of drug-likeness (QED) is 0.806. The van der Waals surface area contributed by atoms with Crippen LogP contribution in [0.2, 0.25) is 0 Å². The van der Waals surface area contributed by atoms with Gasteiger partial charge in [0, 0.05) is 12.1 Å². The molecule has 1 aliphatic rings. The molecule has 0 saturated heterocycles. The van der Waals surface area contributed by atoms with Crippen molar-refractivity contribution in [2.24, 2.45) is 0 Å². The topological polar surface area (TPSA) is 35.3 Å². The highest BCUT2D eigenvalue weighted by atomic mass is 79.9. The van der Waals surface area contributed by atoms with Crippen LogP contribution in [0.3, 0.4) is 0 Å². The highest BCUT2D eigenvalue weighted by Gasteiger charge is 2.31. The largest absolute Gasteiger partial charge is 0.491 e. The zero-order chi connectivity index (χ0) is 10.4. The number of halogens is 1. The van der Waals surface area contributed by atoms with Crippen LogP contribution in [0.5, 0.6) is 5.75 Å². The third kappa shape index (κ3) is 1.50. The molecule has 0 amide bonds. The molecule has 0 N–H and O–H groups in total. The van der Waals surface area contributed by atoms with Crippen molar-refractivity contribution in [1.82, 2.24) is 5.16 Å². The average molecular weight is 286 g/mol.